The maximum Gasteiger partial charge on any atom is 0.264 e. The fourth-order valence-electron chi connectivity index (χ4n) is 3.90. The predicted octanol–water partition coefficient (Wildman–Crippen LogP) is 6.09. The van der Waals surface area contributed by atoms with Gasteiger partial charge in [-0.2, -0.15) is 0 Å². The summed E-state index contributed by atoms with van der Waals surface area (Å²) in [5.41, 5.74) is 1.42. The van der Waals surface area contributed by atoms with E-state index in [1.165, 1.54) is 23.1 Å². The standard InChI is InChI=1S/C28H30Cl3N3O4S/c1-4-14-32-28(36)20(3)33(17-21-11-13-22(29)15-25(21)31)27(35)18-34(26-16-23(30)12-10-19(26)2)39(37,38)24-8-6-5-7-9-24/h5-13,15-16,20H,4,14,17-18H2,1-3H3,(H,32,36). The molecule has 3 aromatic rings. The van der Waals surface area contributed by atoms with E-state index < -0.39 is 28.5 Å². The smallest absolute Gasteiger partial charge is 0.264 e. The van der Waals surface area contributed by atoms with E-state index >= 15 is 0 Å². The maximum absolute atomic E-state index is 13.9. The number of rotatable bonds is 11. The largest absolute Gasteiger partial charge is 0.354 e. The van der Waals surface area contributed by atoms with Crippen LogP contribution in [0.3, 0.4) is 0 Å². The molecule has 0 saturated carbocycles. The molecule has 0 aromatic heterocycles. The van der Waals surface area contributed by atoms with Crippen molar-refractivity contribution in [1.29, 1.82) is 0 Å². The first-order chi connectivity index (χ1) is 18.4. The molecule has 2 amide bonds. The molecule has 0 heterocycles. The summed E-state index contributed by atoms with van der Waals surface area (Å²) in [4.78, 5) is 28.2. The molecule has 0 spiro atoms. The van der Waals surface area contributed by atoms with Gasteiger partial charge in [-0.3, -0.25) is 13.9 Å². The summed E-state index contributed by atoms with van der Waals surface area (Å²) in [5.74, 6) is -0.967. The normalized spacial score (nSPS) is 12.1. The Balaban J connectivity index is 2.07. The number of hydrogen-bond acceptors (Lipinski definition) is 4. The second kappa shape index (κ2) is 13.5. The van der Waals surface area contributed by atoms with Crippen molar-refractivity contribution >= 4 is 62.3 Å². The molecule has 0 saturated heterocycles. The number of hydrogen-bond donors (Lipinski definition) is 1. The van der Waals surface area contributed by atoms with Crippen molar-refractivity contribution in [2.45, 2.75) is 44.7 Å². The van der Waals surface area contributed by atoms with E-state index in [4.69, 9.17) is 34.8 Å². The van der Waals surface area contributed by atoms with Gasteiger partial charge in [-0.05, 0) is 67.8 Å². The number of halogens is 3. The van der Waals surface area contributed by atoms with Crippen LogP contribution in [0.15, 0.2) is 71.6 Å². The molecule has 0 bridgehead atoms. The molecule has 1 N–H and O–H groups in total. The van der Waals surface area contributed by atoms with E-state index in [2.05, 4.69) is 5.32 Å². The van der Waals surface area contributed by atoms with Gasteiger partial charge in [-0.1, -0.05) is 72.1 Å². The summed E-state index contributed by atoms with van der Waals surface area (Å²) in [6, 6.07) is 16.6. The lowest BCUT2D eigenvalue weighted by Gasteiger charge is -2.32. The van der Waals surface area contributed by atoms with Crippen LogP contribution in [0.4, 0.5) is 5.69 Å². The summed E-state index contributed by atoms with van der Waals surface area (Å²) >= 11 is 18.7. The number of aryl methyl sites for hydroxylation is 1. The van der Waals surface area contributed by atoms with Gasteiger partial charge >= 0.3 is 0 Å². The monoisotopic (exact) mass is 609 g/mol. The summed E-state index contributed by atoms with van der Waals surface area (Å²) in [7, 11) is -4.19. The lowest BCUT2D eigenvalue weighted by atomic mass is 10.1. The lowest BCUT2D eigenvalue weighted by molar-refractivity contribution is -0.139. The van der Waals surface area contributed by atoms with Gasteiger partial charge in [-0.25, -0.2) is 8.42 Å². The SMILES string of the molecule is CCCNC(=O)C(C)N(Cc1ccc(Cl)cc1Cl)C(=O)CN(c1cc(Cl)ccc1C)S(=O)(=O)c1ccccc1. The lowest BCUT2D eigenvalue weighted by Crippen LogP contribution is -2.51. The van der Waals surface area contributed by atoms with Gasteiger partial charge in [0.25, 0.3) is 10.0 Å². The number of carbonyl (C=O) groups is 2. The highest BCUT2D eigenvalue weighted by molar-refractivity contribution is 7.92. The Morgan fingerprint density at radius 1 is 0.949 bits per heavy atom. The maximum atomic E-state index is 13.9. The zero-order valence-electron chi connectivity index (χ0n) is 21.8. The number of nitrogens with zero attached hydrogens (tertiary/aromatic N) is 2. The van der Waals surface area contributed by atoms with Crippen molar-refractivity contribution in [3.63, 3.8) is 0 Å². The van der Waals surface area contributed by atoms with Crippen LogP contribution in [0.5, 0.6) is 0 Å². The van der Waals surface area contributed by atoms with E-state index in [9.17, 15) is 18.0 Å². The molecular formula is C28H30Cl3N3O4S. The first kappa shape index (κ1) is 30.8. The van der Waals surface area contributed by atoms with Gasteiger partial charge in [0.2, 0.25) is 11.8 Å². The third-order valence-corrected chi connectivity index (χ3v) is 8.72. The molecule has 3 rings (SSSR count). The van der Waals surface area contributed by atoms with Gasteiger partial charge in [0, 0.05) is 28.2 Å². The number of sulfonamides is 1. The minimum absolute atomic E-state index is 0.0122. The number of anilines is 1. The van der Waals surface area contributed by atoms with Crippen molar-refractivity contribution < 1.29 is 18.0 Å². The van der Waals surface area contributed by atoms with E-state index in [0.29, 0.717) is 39.2 Å². The first-order valence-electron chi connectivity index (χ1n) is 12.3. The van der Waals surface area contributed by atoms with Gasteiger partial charge in [0.15, 0.2) is 0 Å². The Kier molecular flexibility index (Phi) is 10.7. The summed E-state index contributed by atoms with van der Waals surface area (Å²) < 4.78 is 28.7. The Morgan fingerprint density at radius 3 is 2.23 bits per heavy atom. The molecule has 3 aromatic carbocycles. The summed E-state index contributed by atoms with van der Waals surface area (Å²) in [6.45, 7) is 5.06. The Morgan fingerprint density at radius 2 is 1.59 bits per heavy atom. The molecule has 1 unspecified atom stereocenters. The van der Waals surface area contributed by atoms with Gasteiger partial charge < -0.3 is 10.2 Å². The van der Waals surface area contributed by atoms with Crippen molar-refractivity contribution in [2.75, 3.05) is 17.4 Å². The minimum Gasteiger partial charge on any atom is -0.354 e. The summed E-state index contributed by atoms with van der Waals surface area (Å²) in [6.07, 6.45) is 0.715. The molecule has 1 atom stereocenters. The zero-order valence-corrected chi connectivity index (χ0v) is 24.9. The Labute approximate surface area is 244 Å². The Hall–Kier alpha value is -2.78. The molecule has 0 fully saturated rings. The van der Waals surface area contributed by atoms with Crippen LogP contribution < -0.4 is 9.62 Å². The number of nitrogens with one attached hydrogen (secondary N) is 1. The highest BCUT2D eigenvalue weighted by atomic mass is 35.5. The van der Waals surface area contributed by atoms with Crippen molar-refractivity contribution in [1.82, 2.24) is 10.2 Å². The first-order valence-corrected chi connectivity index (χ1v) is 14.9. The number of carbonyl (C=O) groups excluding carboxylic acids is 2. The fourth-order valence-corrected chi connectivity index (χ4v) is 6.02. The molecule has 0 radical (unpaired) electrons. The molecular weight excluding hydrogens is 581 g/mol. The molecule has 39 heavy (non-hydrogen) atoms. The van der Waals surface area contributed by atoms with Crippen LogP contribution in [0.2, 0.25) is 15.1 Å². The third-order valence-electron chi connectivity index (χ3n) is 6.12. The van der Waals surface area contributed by atoms with Gasteiger partial charge in [0.1, 0.15) is 12.6 Å². The van der Waals surface area contributed by atoms with Crippen molar-refractivity contribution in [2.24, 2.45) is 0 Å². The number of benzene rings is 3. The Bertz CT molecular complexity index is 1440. The van der Waals surface area contributed by atoms with Crippen LogP contribution in [0.1, 0.15) is 31.4 Å². The molecule has 0 aliphatic heterocycles. The fraction of sp³-hybridized carbons (Fsp3) is 0.286. The second-order valence-electron chi connectivity index (χ2n) is 8.98. The van der Waals surface area contributed by atoms with Crippen molar-refractivity contribution in [3.05, 3.63) is 92.9 Å². The van der Waals surface area contributed by atoms with Crippen LogP contribution in [-0.2, 0) is 26.2 Å². The van der Waals surface area contributed by atoms with Gasteiger partial charge in [-0.15, -0.1) is 0 Å². The third kappa shape index (κ3) is 7.66. The highest BCUT2D eigenvalue weighted by Gasteiger charge is 2.33. The molecule has 7 nitrogen and oxygen atoms in total. The average molecular weight is 611 g/mol. The van der Waals surface area contributed by atoms with E-state index in [1.54, 1.807) is 62.4 Å². The van der Waals surface area contributed by atoms with Crippen molar-refractivity contribution in [3.8, 4) is 0 Å². The minimum atomic E-state index is -4.19. The molecule has 0 aliphatic rings. The number of amides is 2. The average Bonchev–Trinajstić information content (AvgIpc) is 2.91. The van der Waals surface area contributed by atoms with Crippen LogP contribution >= 0.6 is 34.8 Å². The van der Waals surface area contributed by atoms with E-state index in [-0.39, 0.29) is 23.0 Å². The molecule has 11 heteroatoms. The topological polar surface area (TPSA) is 86.8 Å². The quantitative estimate of drug-likeness (QED) is 0.285. The zero-order chi connectivity index (χ0) is 28.7. The second-order valence-corrected chi connectivity index (χ2v) is 12.1. The highest BCUT2D eigenvalue weighted by Crippen LogP contribution is 2.30. The van der Waals surface area contributed by atoms with E-state index in [1.807, 2.05) is 6.92 Å². The predicted molar refractivity (Wildman–Crippen MR) is 157 cm³/mol. The van der Waals surface area contributed by atoms with Crippen LogP contribution in [0, 0.1) is 6.92 Å². The van der Waals surface area contributed by atoms with Crippen LogP contribution in [-0.4, -0.2) is 44.3 Å². The van der Waals surface area contributed by atoms with Crippen LogP contribution in [0.25, 0.3) is 0 Å². The van der Waals surface area contributed by atoms with Gasteiger partial charge in [0.05, 0.1) is 10.6 Å². The molecule has 208 valence electrons. The van der Waals surface area contributed by atoms with E-state index in [0.717, 1.165) is 4.31 Å². The molecule has 0 aliphatic carbocycles. The summed E-state index contributed by atoms with van der Waals surface area (Å²) in [5, 5.41) is 3.86.